The van der Waals surface area contributed by atoms with Crippen LogP contribution in [0.2, 0.25) is 0 Å². The predicted molar refractivity (Wildman–Crippen MR) is 90.0 cm³/mol. The zero-order valence-electron chi connectivity index (χ0n) is 14.1. The number of furan rings is 1. The van der Waals surface area contributed by atoms with Crippen LogP contribution < -0.4 is 10.1 Å². The molecule has 1 aromatic carbocycles. The maximum atomic E-state index is 12.3. The minimum absolute atomic E-state index is 0.0629. The fourth-order valence-electron chi connectivity index (χ4n) is 2.44. The lowest BCUT2D eigenvalue weighted by Gasteiger charge is -2.14. The van der Waals surface area contributed by atoms with E-state index in [1.807, 2.05) is 13.0 Å². The van der Waals surface area contributed by atoms with Crippen molar-refractivity contribution in [3.05, 3.63) is 59.5 Å². The van der Waals surface area contributed by atoms with Crippen LogP contribution in [0.1, 0.15) is 34.8 Å². The fraction of sp³-hybridized carbons (Fsp3) is 0.222. The Hall–Kier alpha value is -3.16. The van der Waals surface area contributed by atoms with Crippen LogP contribution in [0, 0.1) is 6.92 Å². The third-order valence-corrected chi connectivity index (χ3v) is 3.77. The molecule has 0 bridgehead atoms. The maximum Gasteiger partial charge on any atom is 0.387 e. The van der Waals surface area contributed by atoms with E-state index in [1.54, 1.807) is 31.2 Å². The first-order chi connectivity index (χ1) is 12.4. The number of benzene rings is 1. The first-order valence-corrected chi connectivity index (χ1v) is 7.90. The number of halogens is 2. The molecule has 0 spiro atoms. The molecule has 26 heavy (non-hydrogen) atoms. The van der Waals surface area contributed by atoms with E-state index in [4.69, 9.17) is 4.42 Å². The molecule has 2 heterocycles. The molecular formula is C18H17F2N3O3. The number of H-pyrrole nitrogens is 1. The van der Waals surface area contributed by atoms with Crippen LogP contribution in [0.3, 0.4) is 0 Å². The second-order valence-corrected chi connectivity index (χ2v) is 5.72. The van der Waals surface area contributed by atoms with Gasteiger partial charge in [-0.25, -0.2) is 0 Å². The van der Waals surface area contributed by atoms with E-state index in [0.717, 1.165) is 11.3 Å². The van der Waals surface area contributed by atoms with E-state index in [0.29, 0.717) is 11.5 Å². The number of hydrogen-bond donors (Lipinski definition) is 2. The second kappa shape index (κ2) is 7.38. The number of carbonyl (C=O) groups is 1. The predicted octanol–water partition coefficient (Wildman–Crippen LogP) is 4.07. The van der Waals surface area contributed by atoms with Gasteiger partial charge in [0.15, 0.2) is 11.5 Å². The number of alkyl halides is 2. The molecular weight excluding hydrogens is 344 g/mol. The van der Waals surface area contributed by atoms with Crippen molar-refractivity contribution in [1.82, 2.24) is 15.5 Å². The zero-order valence-corrected chi connectivity index (χ0v) is 14.1. The van der Waals surface area contributed by atoms with Gasteiger partial charge in [0.2, 0.25) is 0 Å². The zero-order chi connectivity index (χ0) is 18.7. The molecule has 0 radical (unpaired) electrons. The lowest BCUT2D eigenvalue weighted by atomic mass is 10.1. The lowest BCUT2D eigenvalue weighted by molar-refractivity contribution is -0.0498. The highest BCUT2D eigenvalue weighted by atomic mass is 19.3. The van der Waals surface area contributed by atoms with Gasteiger partial charge in [0, 0.05) is 6.07 Å². The van der Waals surface area contributed by atoms with Crippen molar-refractivity contribution in [2.24, 2.45) is 0 Å². The molecule has 0 aliphatic carbocycles. The molecule has 1 amide bonds. The molecule has 0 saturated carbocycles. The summed E-state index contributed by atoms with van der Waals surface area (Å²) in [5.74, 6) is 1.05. The van der Waals surface area contributed by atoms with Crippen LogP contribution in [0.5, 0.6) is 5.75 Å². The Balaban J connectivity index is 1.65. The Labute approximate surface area is 148 Å². The van der Waals surface area contributed by atoms with E-state index in [2.05, 4.69) is 20.3 Å². The van der Waals surface area contributed by atoms with Crippen molar-refractivity contribution in [2.45, 2.75) is 26.5 Å². The van der Waals surface area contributed by atoms with Gasteiger partial charge in [-0.1, -0.05) is 12.1 Å². The van der Waals surface area contributed by atoms with Crippen molar-refractivity contribution in [3.63, 3.8) is 0 Å². The fourth-order valence-corrected chi connectivity index (χ4v) is 2.44. The molecule has 0 saturated heterocycles. The summed E-state index contributed by atoms with van der Waals surface area (Å²) in [6.45, 7) is 0.738. The van der Waals surface area contributed by atoms with E-state index >= 15 is 0 Å². The molecule has 1 atom stereocenters. The summed E-state index contributed by atoms with van der Waals surface area (Å²) in [6, 6.07) is 10.9. The Kier molecular flexibility index (Phi) is 5.01. The summed E-state index contributed by atoms with van der Waals surface area (Å²) in [6.07, 6.45) is 0. The largest absolute Gasteiger partial charge is 0.460 e. The van der Waals surface area contributed by atoms with Gasteiger partial charge < -0.3 is 14.5 Å². The summed E-state index contributed by atoms with van der Waals surface area (Å²) in [4.78, 5) is 12.3. The number of aromatic nitrogens is 2. The molecule has 0 aliphatic rings. The average Bonchev–Trinajstić information content (AvgIpc) is 3.23. The summed E-state index contributed by atoms with van der Waals surface area (Å²) in [5.41, 5.74) is 1.57. The van der Waals surface area contributed by atoms with Gasteiger partial charge >= 0.3 is 6.61 Å². The van der Waals surface area contributed by atoms with Crippen LogP contribution in [-0.4, -0.2) is 22.7 Å². The van der Waals surface area contributed by atoms with Gasteiger partial charge in [0.05, 0.1) is 6.04 Å². The highest BCUT2D eigenvalue weighted by Crippen LogP contribution is 2.22. The van der Waals surface area contributed by atoms with Gasteiger partial charge in [0.25, 0.3) is 5.91 Å². The SMILES string of the molecule is Cc1ccc(-c2cc(C(=O)NC(C)c3ccc(OC(F)F)cc3)n[nH]2)o1. The van der Waals surface area contributed by atoms with Crippen LogP contribution in [-0.2, 0) is 0 Å². The van der Waals surface area contributed by atoms with E-state index in [9.17, 15) is 13.6 Å². The molecule has 0 fully saturated rings. The Morgan fingerprint density at radius 2 is 1.96 bits per heavy atom. The molecule has 0 aliphatic heterocycles. The molecule has 3 rings (SSSR count). The maximum absolute atomic E-state index is 12.3. The van der Waals surface area contributed by atoms with Gasteiger partial charge in [-0.3, -0.25) is 9.89 Å². The minimum atomic E-state index is -2.87. The summed E-state index contributed by atoms with van der Waals surface area (Å²) in [7, 11) is 0. The minimum Gasteiger partial charge on any atom is -0.460 e. The third-order valence-electron chi connectivity index (χ3n) is 3.77. The monoisotopic (exact) mass is 361 g/mol. The number of aromatic amines is 1. The quantitative estimate of drug-likeness (QED) is 0.694. The number of ether oxygens (including phenoxy) is 1. The van der Waals surface area contributed by atoms with Crippen molar-refractivity contribution in [1.29, 1.82) is 0 Å². The summed E-state index contributed by atoms with van der Waals surface area (Å²) in [5, 5.41) is 9.56. The summed E-state index contributed by atoms with van der Waals surface area (Å²) < 4.78 is 34.1. The Morgan fingerprint density at radius 3 is 2.58 bits per heavy atom. The second-order valence-electron chi connectivity index (χ2n) is 5.72. The molecule has 3 aromatic rings. The standard InChI is InChI=1S/C18H17F2N3O3/c1-10-3-8-16(25-10)14-9-15(23-22-14)17(24)21-11(2)12-4-6-13(7-5-12)26-18(19)20/h3-9,11,18H,1-2H3,(H,21,24)(H,22,23). The smallest absolute Gasteiger partial charge is 0.387 e. The van der Waals surface area contributed by atoms with Crippen molar-refractivity contribution >= 4 is 5.91 Å². The number of aryl methyl sites for hydroxylation is 1. The molecule has 8 heteroatoms. The van der Waals surface area contributed by atoms with Gasteiger partial charge in [-0.2, -0.15) is 13.9 Å². The highest BCUT2D eigenvalue weighted by Gasteiger charge is 2.16. The molecule has 2 N–H and O–H groups in total. The first kappa shape index (κ1) is 17.7. The molecule has 6 nitrogen and oxygen atoms in total. The molecule has 2 aromatic heterocycles. The number of carbonyl (C=O) groups excluding carboxylic acids is 1. The normalized spacial score (nSPS) is 12.2. The first-order valence-electron chi connectivity index (χ1n) is 7.90. The summed E-state index contributed by atoms with van der Waals surface area (Å²) >= 11 is 0. The molecule has 136 valence electrons. The Bertz CT molecular complexity index is 887. The van der Waals surface area contributed by atoms with Crippen molar-refractivity contribution in [2.75, 3.05) is 0 Å². The third kappa shape index (κ3) is 4.08. The van der Waals surface area contributed by atoms with Crippen LogP contribution in [0.4, 0.5) is 8.78 Å². The lowest BCUT2D eigenvalue weighted by Crippen LogP contribution is -2.26. The Morgan fingerprint density at radius 1 is 1.23 bits per heavy atom. The van der Waals surface area contributed by atoms with Gasteiger partial charge in [-0.15, -0.1) is 0 Å². The van der Waals surface area contributed by atoms with E-state index in [-0.39, 0.29) is 23.4 Å². The van der Waals surface area contributed by atoms with Crippen LogP contribution in [0.25, 0.3) is 11.5 Å². The van der Waals surface area contributed by atoms with Gasteiger partial charge in [-0.05, 0) is 43.7 Å². The van der Waals surface area contributed by atoms with Crippen LogP contribution >= 0.6 is 0 Å². The molecule has 1 unspecified atom stereocenters. The number of amides is 1. The van der Waals surface area contributed by atoms with Gasteiger partial charge in [0.1, 0.15) is 17.2 Å². The van der Waals surface area contributed by atoms with Crippen molar-refractivity contribution in [3.8, 4) is 17.2 Å². The number of nitrogens with zero attached hydrogens (tertiary/aromatic N) is 1. The topological polar surface area (TPSA) is 80.1 Å². The van der Waals surface area contributed by atoms with Crippen molar-refractivity contribution < 1.29 is 22.7 Å². The number of hydrogen-bond acceptors (Lipinski definition) is 4. The van der Waals surface area contributed by atoms with Crippen LogP contribution in [0.15, 0.2) is 46.9 Å². The average molecular weight is 361 g/mol. The van der Waals surface area contributed by atoms with E-state index in [1.165, 1.54) is 12.1 Å². The number of rotatable bonds is 6. The number of nitrogens with one attached hydrogen (secondary N) is 2. The van der Waals surface area contributed by atoms with E-state index < -0.39 is 6.61 Å². The highest BCUT2D eigenvalue weighted by molar-refractivity contribution is 5.93.